The van der Waals surface area contributed by atoms with Crippen molar-refractivity contribution in [2.24, 2.45) is 11.8 Å². The summed E-state index contributed by atoms with van der Waals surface area (Å²) in [5, 5.41) is 9.77. The van der Waals surface area contributed by atoms with E-state index in [0.29, 0.717) is 13.1 Å². The second-order valence-corrected chi connectivity index (χ2v) is 7.92. The maximum atomic E-state index is 14.3. The molecule has 0 bridgehead atoms. The summed E-state index contributed by atoms with van der Waals surface area (Å²) in [4.78, 5) is 19.0. The van der Waals surface area contributed by atoms with Crippen LogP contribution in [0.15, 0.2) is 12.1 Å². The topological polar surface area (TPSA) is 47.0 Å². The van der Waals surface area contributed by atoms with Gasteiger partial charge in [0.05, 0.1) is 0 Å². The van der Waals surface area contributed by atoms with Crippen molar-refractivity contribution in [2.45, 2.75) is 13.3 Å². The van der Waals surface area contributed by atoms with E-state index in [4.69, 9.17) is 0 Å². The van der Waals surface area contributed by atoms with E-state index >= 15 is 0 Å². The Balaban J connectivity index is 1.70. The minimum absolute atomic E-state index is 0.0268. The number of carbonyl (C=O) groups is 1. The lowest BCUT2D eigenvalue weighted by atomic mass is 9.96. The molecular weight excluding hydrogens is 352 g/mol. The second-order valence-electron chi connectivity index (χ2n) is 7.92. The van der Waals surface area contributed by atoms with Gasteiger partial charge in [-0.1, -0.05) is 6.07 Å². The number of nitrogens with zero attached hydrogens (tertiary/aromatic N) is 3. The molecule has 0 spiro atoms. The molecule has 1 aromatic rings. The van der Waals surface area contributed by atoms with Gasteiger partial charge in [-0.05, 0) is 51.0 Å². The Hall–Kier alpha value is -1.57. The van der Waals surface area contributed by atoms with Crippen LogP contribution in [0.5, 0.6) is 0 Å². The quantitative estimate of drug-likeness (QED) is 0.861. The lowest BCUT2D eigenvalue weighted by Crippen LogP contribution is -2.36. The number of hydrogen-bond donors (Lipinski definition) is 1. The number of aliphatic hydroxyl groups excluding tert-OH is 1. The Morgan fingerprint density at radius 2 is 1.89 bits per heavy atom. The van der Waals surface area contributed by atoms with Crippen LogP contribution in [0.4, 0.5) is 8.78 Å². The monoisotopic (exact) mass is 381 g/mol. The lowest BCUT2D eigenvalue weighted by molar-refractivity contribution is 0.0769. The number of amides is 1. The average molecular weight is 381 g/mol. The first kappa shape index (κ1) is 20.2. The third kappa shape index (κ3) is 4.47. The second kappa shape index (κ2) is 8.63. The highest BCUT2D eigenvalue weighted by molar-refractivity contribution is 5.95. The van der Waals surface area contributed by atoms with Gasteiger partial charge in [-0.3, -0.25) is 4.79 Å². The summed E-state index contributed by atoms with van der Waals surface area (Å²) in [6.07, 6.45) is 1.09. The minimum atomic E-state index is -0.831. The minimum Gasteiger partial charge on any atom is -0.396 e. The molecule has 0 radical (unpaired) electrons. The third-order valence-corrected chi connectivity index (χ3v) is 5.90. The summed E-state index contributed by atoms with van der Waals surface area (Å²) in [6, 6.07) is 2.47. The van der Waals surface area contributed by atoms with E-state index in [9.17, 15) is 18.7 Å². The molecule has 0 saturated carbocycles. The molecule has 1 amide bonds. The largest absolute Gasteiger partial charge is 0.396 e. The van der Waals surface area contributed by atoms with E-state index < -0.39 is 23.1 Å². The fourth-order valence-electron chi connectivity index (χ4n) is 4.14. The first-order chi connectivity index (χ1) is 12.9. The van der Waals surface area contributed by atoms with Gasteiger partial charge in [-0.15, -0.1) is 0 Å². The standard InChI is InChI=1S/C20H29F2N3O2/c1-14-4-5-17(21)18(19(14)22)20(27)25-11-15(16(12-25)13-26)10-24-7-3-6-23(2)8-9-24/h4-5,15-16,26H,3,6-13H2,1-2H3/t15-,16-/m1/s1. The molecule has 3 rings (SSSR count). The van der Waals surface area contributed by atoms with Crippen molar-refractivity contribution in [2.75, 3.05) is 59.5 Å². The molecule has 2 fully saturated rings. The van der Waals surface area contributed by atoms with Crippen molar-refractivity contribution >= 4 is 5.91 Å². The van der Waals surface area contributed by atoms with E-state index in [1.54, 1.807) is 0 Å². The Kier molecular flexibility index (Phi) is 6.44. The molecule has 2 aliphatic rings. The summed E-state index contributed by atoms with van der Waals surface area (Å²) < 4.78 is 28.5. The zero-order valence-electron chi connectivity index (χ0n) is 16.1. The van der Waals surface area contributed by atoms with Crippen LogP contribution in [-0.2, 0) is 0 Å². The van der Waals surface area contributed by atoms with E-state index in [0.717, 1.165) is 45.2 Å². The number of likely N-dealkylation sites (N-methyl/N-ethyl adjacent to an activating group) is 1. The third-order valence-electron chi connectivity index (χ3n) is 5.90. The highest BCUT2D eigenvalue weighted by atomic mass is 19.1. The summed E-state index contributed by atoms with van der Waals surface area (Å²) >= 11 is 0. The Morgan fingerprint density at radius 3 is 2.63 bits per heavy atom. The Morgan fingerprint density at radius 1 is 1.15 bits per heavy atom. The van der Waals surface area contributed by atoms with Crippen LogP contribution in [0.2, 0.25) is 0 Å². The van der Waals surface area contributed by atoms with Crippen molar-refractivity contribution in [1.29, 1.82) is 0 Å². The van der Waals surface area contributed by atoms with Crippen LogP contribution < -0.4 is 0 Å². The Bertz CT molecular complexity index is 685. The maximum absolute atomic E-state index is 14.3. The number of likely N-dealkylation sites (tertiary alicyclic amines) is 1. The predicted octanol–water partition coefficient (Wildman–Crippen LogP) is 1.59. The number of hydrogen-bond acceptors (Lipinski definition) is 4. The summed E-state index contributed by atoms with van der Waals surface area (Å²) in [7, 11) is 2.11. The van der Waals surface area contributed by atoms with E-state index in [-0.39, 0.29) is 24.0 Å². The van der Waals surface area contributed by atoms with Gasteiger partial charge in [0.25, 0.3) is 5.91 Å². The molecule has 7 heteroatoms. The van der Waals surface area contributed by atoms with E-state index in [2.05, 4.69) is 16.8 Å². The van der Waals surface area contributed by atoms with E-state index in [1.807, 2.05) is 0 Å². The summed E-state index contributed by atoms with van der Waals surface area (Å²) in [5.74, 6) is -2.20. The van der Waals surface area contributed by atoms with Crippen LogP contribution in [0, 0.1) is 30.4 Å². The van der Waals surface area contributed by atoms with Gasteiger partial charge >= 0.3 is 0 Å². The van der Waals surface area contributed by atoms with Crippen molar-refractivity contribution < 1.29 is 18.7 Å². The first-order valence-corrected chi connectivity index (χ1v) is 9.66. The van der Waals surface area contributed by atoms with Crippen molar-refractivity contribution in [3.05, 3.63) is 34.9 Å². The van der Waals surface area contributed by atoms with Crippen LogP contribution in [0.1, 0.15) is 22.3 Å². The molecule has 150 valence electrons. The molecule has 2 heterocycles. The predicted molar refractivity (Wildman–Crippen MR) is 99.6 cm³/mol. The van der Waals surface area contributed by atoms with E-state index in [1.165, 1.54) is 17.9 Å². The maximum Gasteiger partial charge on any atom is 0.259 e. The molecule has 5 nitrogen and oxygen atoms in total. The number of aliphatic hydroxyl groups is 1. The van der Waals surface area contributed by atoms with Crippen LogP contribution in [0.3, 0.4) is 0 Å². The highest BCUT2D eigenvalue weighted by Gasteiger charge is 2.37. The number of halogens is 2. The smallest absolute Gasteiger partial charge is 0.259 e. The number of benzene rings is 1. The summed E-state index contributed by atoms with van der Waals surface area (Å²) in [5.41, 5.74) is -0.230. The molecular formula is C20H29F2N3O2. The zero-order valence-corrected chi connectivity index (χ0v) is 16.1. The fourth-order valence-corrected chi connectivity index (χ4v) is 4.14. The first-order valence-electron chi connectivity index (χ1n) is 9.66. The average Bonchev–Trinajstić information content (AvgIpc) is 2.94. The van der Waals surface area contributed by atoms with Gasteiger partial charge in [0, 0.05) is 45.2 Å². The molecule has 0 unspecified atom stereocenters. The van der Waals surface area contributed by atoms with Crippen LogP contribution in [-0.4, -0.2) is 85.2 Å². The van der Waals surface area contributed by atoms with Gasteiger partial charge in [0.2, 0.25) is 0 Å². The number of rotatable bonds is 4. The van der Waals surface area contributed by atoms with Gasteiger partial charge in [-0.25, -0.2) is 8.78 Å². The van der Waals surface area contributed by atoms with Crippen LogP contribution >= 0.6 is 0 Å². The summed E-state index contributed by atoms with van der Waals surface area (Å²) in [6.45, 7) is 7.06. The van der Waals surface area contributed by atoms with Crippen molar-refractivity contribution in [1.82, 2.24) is 14.7 Å². The fraction of sp³-hybridized carbons (Fsp3) is 0.650. The number of aryl methyl sites for hydroxylation is 1. The zero-order chi connectivity index (χ0) is 19.6. The van der Waals surface area contributed by atoms with Crippen molar-refractivity contribution in [3.63, 3.8) is 0 Å². The SMILES string of the molecule is Cc1ccc(F)c(C(=O)N2C[C@@H](CN3CCCN(C)CC3)[C@@H](CO)C2)c1F. The molecule has 27 heavy (non-hydrogen) atoms. The molecule has 2 atom stereocenters. The normalized spacial score (nSPS) is 25.0. The van der Waals surface area contributed by atoms with Gasteiger partial charge < -0.3 is 19.8 Å². The molecule has 0 aliphatic carbocycles. The van der Waals surface area contributed by atoms with Gasteiger partial charge in [-0.2, -0.15) is 0 Å². The lowest BCUT2D eigenvalue weighted by Gasteiger charge is -2.26. The molecule has 2 saturated heterocycles. The molecule has 2 aliphatic heterocycles. The van der Waals surface area contributed by atoms with Crippen LogP contribution in [0.25, 0.3) is 0 Å². The number of carbonyl (C=O) groups excluding carboxylic acids is 1. The van der Waals surface area contributed by atoms with Gasteiger partial charge in [0.1, 0.15) is 17.2 Å². The van der Waals surface area contributed by atoms with Crippen molar-refractivity contribution in [3.8, 4) is 0 Å². The molecule has 1 N–H and O–H groups in total. The Labute approximate surface area is 159 Å². The molecule has 0 aromatic heterocycles. The van der Waals surface area contributed by atoms with Gasteiger partial charge in [0.15, 0.2) is 0 Å². The highest BCUT2D eigenvalue weighted by Crippen LogP contribution is 2.28. The molecule has 1 aromatic carbocycles.